The molecule has 0 aliphatic heterocycles. The van der Waals surface area contributed by atoms with Crippen LogP contribution in [0.25, 0.3) is 16.8 Å². The average molecular weight is 462 g/mol. The molecular weight excluding hydrogens is 438 g/mol. The summed E-state index contributed by atoms with van der Waals surface area (Å²) in [5, 5.41) is 9.69. The van der Waals surface area contributed by atoms with Gasteiger partial charge in [0.2, 0.25) is 5.88 Å². The van der Waals surface area contributed by atoms with Gasteiger partial charge >= 0.3 is 4.87 Å². The van der Waals surface area contributed by atoms with E-state index in [-0.39, 0.29) is 10.8 Å². The van der Waals surface area contributed by atoms with E-state index in [1.54, 1.807) is 0 Å². The van der Waals surface area contributed by atoms with Crippen molar-refractivity contribution in [2.75, 3.05) is 13.2 Å². The van der Waals surface area contributed by atoms with Gasteiger partial charge in [0.25, 0.3) is 0 Å². The molecule has 0 saturated heterocycles. The van der Waals surface area contributed by atoms with Crippen LogP contribution in [0.15, 0.2) is 84.3 Å². The molecule has 0 bridgehead atoms. The fourth-order valence-electron chi connectivity index (χ4n) is 3.13. The number of ether oxygens (including phenoxy) is 1. The molecule has 8 heteroatoms. The Morgan fingerprint density at radius 2 is 1.82 bits per heavy atom. The van der Waals surface area contributed by atoms with Gasteiger partial charge in [-0.2, -0.15) is 0 Å². The molecule has 0 unspecified atom stereocenters. The van der Waals surface area contributed by atoms with E-state index in [1.165, 1.54) is 0 Å². The summed E-state index contributed by atoms with van der Waals surface area (Å²) in [6, 6.07) is 21.4. The highest BCUT2D eigenvalue weighted by molar-refractivity contribution is 7.09. The van der Waals surface area contributed by atoms with Gasteiger partial charge in [0.1, 0.15) is 19.0 Å². The number of aromatic nitrogens is 2. The second-order valence-electron chi connectivity index (χ2n) is 7.18. The van der Waals surface area contributed by atoms with E-state index in [1.807, 2.05) is 72.9 Å². The zero-order valence-corrected chi connectivity index (χ0v) is 18.6. The summed E-state index contributed by atoms with van der Waals surface area (Å²) in [5.41, 5.74) is 7.17. The quantitative estimate of drug-likeness (QED) is 0.240. The van der Waals surface area contributed by atoms with E-state index in [0.29, 0.717) is 41.7 Å². The van der Waals surface area contributed by atoms with E-state index in [0.717, 1.165) is 28.0 Å². The number of rotatable bonds is 10. The Kier molecular flexibility index (Phi) is 7.19. The number of nitrogens with zero attached hydrogens (tertiary/aromatic N) is 1. The zero-order chi connectivity index (χ0) is 23.0. The SMILES string of the molecule is C=C(NOCCOc1ccc(Cc2sc(=O)[nH]c2O)cc1)c1ccc(-c2ccccc2)cn1. The predicted octanol–water partition coefficient (Wildman–Crippen LogP) is 4.37. The molecule has 0 saturated carbocycles. The lowest BCUT2D eigenvalue weighted by molar-refractivity contribution is 0.0539. The monoisotopic (exact) mass is 461 g/mol. The van der Waals surface area contributed by atoms with Gasteiger partial charge in [-0.3, -0.25) is 25.1 Å². The van der Waals surface area contributed by atoms with Gasteiger partial charge in [-0.25, -0.2) is 0 Å². The van der Waals surface area contributed by atoms with Crippen molar-refractivity contribution in [1.29, 1.82) is 0 Å². The van der Waals surface area contributed by atoms with Gasteiger partial charge in [-0.15, -0.1) is 0 Å². The van der Waals surface area contributed by atoms with Crippen LogP contribution in [0.1, 0.15) is 16.1 Å². The molecule has 0 radical (unpaired) electrons. The molecule has 168 valence electrons. The van der Waals surface area contributed by atoms with Gasteiger partial charge < -0.3 is 9.84 Å². The number of aromatic amines is 1. The maximum absolute atomic E-state index is 11.3. The molecule has 0 aliphatic carbocycles. The second-order valence-corrected chi connectivity index (χ2v) is 8.25. The first-order chi connectivity index (χ1) is 16.1. The van der Waals surface area contributed by atoms with Crippen molar-refractivity contribution >= 4 is 17.0 Å². The number of thiazole rings is 1. The normalized spacial score (nSPS) is 10.7. The molecular formula is C25H23N3O4S. The van der Waals surface area contributed by atoms with E-state index in [4.69, 9.17) is 9.57 Å². The van der Waals surface area contributed by atoms with Crippen LogP contribution in [0.5, 0.6) is 11.6 Å². The van der Waals surface area contributed by atoms with Crippen LogP contribution in [0.4, 0.5) is 0 Å². The summed E-state index contributed by atoms with van der Waals surface area (Å²) in [6.07, 6.45) is 2.28. The standard InChI is InChI=1S/C25H23N3O4S/c1-17(22-12-9-20(16-26-22)19-5-3-2-4-6-19)28-32-14-13-31-21-10-7-18(8-11-21)15-23-24(29)27-25(30)33-23/h2-12,16,28-29H,1,13-15H2,(H,27,30). The first-order valence-corrected chi connectivity index (χ1v) is 11.1. The van der Waals surface area contributed by atoms with Crippen molar-refractivity contribution in [3.8, 4) is 22.8 Å². The van der Waals surface area contributed by atoms with Gasteiger partial charge in [0.15, 0.2) is 0 Å². The molecule has 4 rings (SSSR count). The van der Waals surface area contributed by atoms with Crippen molar-refractivity contribution in [2.45, 2.75) is 6.42 Å². The van der Waals surface area contributed by atoms with Crippen LogP contribution >= 0.6 is 11.3 Å². The summed E-state index contributed by atoms with van der Waals surface area (Å²) in [7, 11) is 0. The number of hydroxylamine groups is 1. The Bertz CT molecular complexity index is 1250. The fourth-order valence-corrected chi connectivity index (χ4v) is 3.88. The number of hydrogen-bond donors (Lipinski definition) is 3. The number of hydrogen-bond acceptors (Lipinski definition) is 7. The van der Waals surface area contributed by atoms with Crippen molar-refractivity contribution in [1.82, 2.24) is 15.4 Å². The highest BCUT2D eigenvalue weighted by atomic mass is 32.1. The molecule has 2 aromatic carbocycles. The molecule has 0 aliphatic rings. The summed E-state index contributed by atoms with van der Waals surface area (Å²) >= 11 is 1.01. The third-order valence-corrected chi connectivity index (χ3v) is 5.69. The van der Waals surface area contributed by atoms with Crippen LogP contribution in [-0.2, 0) is 11.3 Å². The topological polar surface area (TPSA) is 96.5 Å². The predicted molar refractivity (Wildman–Crippen MR) is 129 cm³/mol. The molecule has 3 N–H and O–H groups in total. The van der Waals surface area contributed by atoms with Crippen LogP contribution in [-0.4, -0.2) is 28.3 Å². The number of benzene rings is 2. The third kappa shape index (κ3) is 6.09. The minimum Gasteiger partial charge on any atom is -0.494 e. The Morgan fingerprint density at radius 1 is 1.03 bits per heavy atom. The molecule has 0 fully saturated rings. The van der Waals surface area contributed by atoms with Crippen LogP contribution < -0.4 is 15.1 Å². The average Bonchev–Trinajstić information content (AvgIpc) is 3.16. The number of H-pyrrole nitrogens is 1. The lowest BCUT2D eigenvalue weighted by Crippen LogP contribution is -2.17. The molecule has 2 heterocycles. The van der Waals surface area contributed by atoms with Crippen molar-refractivity contribution < 1.29 is 14.7 Å². The lowest BCUT2D eigenvalue weighted by Gasteiger charge is -2.11. The minimum atomic E-state index is -0.265. The van der Waals surface area contributed by atoms with Gasteiger partial charge in [0.05, 0.1) is 16.3 Å². The Hall–Kier alpha value is -3.88. The first kappa shape index (κ1) is 22.3. The van der Waals surface area contributed by atoms with Crippen LogP contribution in [0.2, 0.25) is 0 Å². The van der Waals surface area contributed by atoms with E-state index in [9.17, 15) is 9.90 Å². The molecule has 0 spiro atoms. The molecule has 4 aromatic rings. The highest BCUT2D eigenvalue weighted by Gasteiger charge is 2.08. The molecule has 0 atom stereocenters. The van der Waals surface area contributed by atoms with Gasteiger partial charge in [-0.05, 0) is 29.3 Å². The summed E-state index contributed by atoms with van der Waals surface area (Å²) in [5.74, 6) is 0.629. The Balaban J connectivity index is 1.18. The summed E-state index contributed by atoms with van der Waals surface area (Å²) < 4.78 is 5.68. The maximum atomic E-state index is 11.3. The van der Waals surface area contributed by atoms with Gasteiger partial charge in [-0.1, -0.05) is 66.4 Å². The maximum Gasteiger partial charge on any atom is 0.307 e. The smallest absolute Gasteiger partial charge is 0.307 e. The van der Waals surface area contributed by atoms with Crippen LogP contribution in [0, 0.1) is 0 Å². The van der Waals surface area contributed by atoms with E-state index < -0.39 is 0 Å². The Morgan fingerprint density at radius 3 is 2.48 bits per heavy atom. The summed E-state index contributed by atoms with van der Waals surface area (Å²) in [4.78, 5) is 23.9. The van der Waals surface area contributed by atoms with Gasteiger partial charge in [0, 0.05) is 18.2 Å². The zero-order valence-electron chi connectivity index (χ0n) is 17.8. The third-order valence-electron chi connectivity index (χ3n) is 4.82. The largest absolute Gasteiger partial charge is 0.494 e. The lowest BCUT2D eigenvalue weighted by atomic mass is 10.1. The number of nitrogens with one attached hydrogen (secondary N) is 2. The molecule has 33 heavy (non-hydrogen) atoms. The van der Waals surface area contributed by atoms with Crippen molar-refractivity contribution in [3.63, 3.8) is 0 Å². The number of aromatic hydroxyl groups is 1. The summed E-state index contributed by atoms with van der Waals surface area (Å²) in [6.45, 7) is 4.62. The van der Waals surface area contributed by atoms with Crippen molar-refractivity contribution in [3.05, 3.63) is 105 Å². The number of pyridine rings is 1. The molecule has 0 amide bonds. The van der Waals surface area contributed by atoms with E-state index >= 15 is 0 Å². The van der Waals surface area contributed by atoms with Crippen molar-refractivity contribution in [2.24, 2.45) is 0 Å². The first-order valence-electron chi connectivity index (χ1n) is 10.3. The minimum absolute atomic E-state index is 0.0705. The molecule has 2 aromatic heterocycles. The highest BCUT2D eigenvalue weighted by Crippen LogP contribution is 2.22. The second kappa shape index (κ2) is 10.6. The van der Waals surface area contributed by atoms with Crippen LogP contribution in [0.3, 0.4) is 0 Å². The molecule has 7 nitrogen and oxygen atoms in total. The Labute approximate surface area is 195 Å². The van der Waals surface area contributed by atoms with E-state index in [2.05, 4.69) is 22.0 Å². The fraction of sp³-hybridized carbons (Fsp3) is 0.120.